The Morgan fingerprint density at radius 2 is 2.05 bits per heavy atom. The second-order valence-corrected chi connectivity index (χ2v) is 5.20. The van der Waals surface area contributed by atoms with Crippen LogP contribution in [0.1, 0.15) is 19.0 Å². The van der Waals surface area contributed by atoms with Crippen molar-refractivity contribution in [1.82, 2.24) is 14.8 Å². The summed E-state index contributed by atoms with van der Waals surface area (Å²) >= 11 is 12.2. The van der Waals surface area contributed by atoms with Crippen molar-refractivity contribution >= 4 is 29.0 Å². The molecule has 0 aliphatic carbocycles. The Hall–Kier alpha value is -1.46. The lowest BCUT2D eigenvalue weighted by Crippen LogP contribution is -2.04. The van der Waals surface area contributed by atoms with Gasteiger partial charge in [0.2, 0.25) is 11.8 Å². The number of nitrogens with one attached hydrogen (secondary N) is 1. The molecule has 1 N–H and O–H groups in total. The topological polar surface area (TPSA) is 52.0 Å². The number of aryl methyl sites for hydroxylation is 2. The van der Waals surface area contributed by atoms with Crippen LogP contribution in [0.3, 0.4) is 0 Å². The molecule has 20 heavy (non-hydrogen) atoms. The van der Waals surface area contributed by atoms with Crippen LogP contribution in [0.25, 0.3) is 0 Å². The van der Waals surface area contributed by atoms with Crippen molar-refractivity contribution in [1.29, 1.82) is 0 Å². The predicted octanol–water partition coefficient (Wildman–Crippen LogP) is 4.04. The summed E-state index contributed by atoms with van der Waals surface area (Å²) in [5.74, 6) is 1.44. The van der Waals surface area contributed by atoms with Gasteiger partial charge in [0.1, 0.15) is 10.8 Å². The first-order chi connectivity index (χ1) is 9.51. The van der Waals surface area contributed by atoms with E-state index in [2.05, 4.69) is 22.3 Å². The number of nitrogens with zero attached hydrogens (tertiary/aromatic N) is 3. The quantitative estimate of drug-likeness (QED) is 0.904. The molecular formula is C13H16Cl2N4O. The van der Waals surface area contributed by atoms with Crippen LogP contribution >= 0.6 is 23.2 Å². The first kappa shape index (κ1) is 14.9. The van der Waals surface area contributed by atoms with Crippen molar-refractivity contribution in [3.63, 3.8) is 0 Å². The molecule has 0 aromatic carbocycles. The smallest absolute Gasteiger partial charge is 0.242 e. The number of ether oxygens (including phenoxy) is 1. The predicted molar refractivity (Wildman–Crippen MR) is 81.1 cm³/mol. The van der Waals surface area contributed by atoms with Gasteiger partial charge < -0.3 is 10.1 Å². The van der Waals surface area contributed by atoms with E-state index in [0.29, 0.717) is 27.6 Å². The Balaban J connectivity index is 2.29. The van der Waals surface area contributed by atoms with Crippen molar-refractivity contribution in [2.75, 3.05) is 11.9 Å². The number of rotatable bonds is 5. The molecule has 0 bridgehead atoms. The van der Waals surface area contributed by atoms with Gasteiger partial charge in [-0.2, -0.15) is 10.1 Å². The van der Waals surface area contributed by atoms with E-state index >= 15 is 0 Å². The molecule has 0 radical (unpaired) electrons. The first-order valence-electron chi connectivity index (χ1n) is 6.29. The second-order valence-electron chi connectivity index (χ2n) is 4.38. The first-order valence-corrected chi connectivity index (χ1v) is 7.05. The highest BCUT2D eigenvalue weighted by molar-refractivity contribution is 6.36. The lowest BCUT2D eigenvalue weighted by atomic mass is 10.4. The summed E-state index contributed by atoms with van der Waals surface area (Å²) in [4.78, 5) is 4.32. The Morgan fingerprint density at radius 1 is 1.30 bits per heavy atom. The molecule has 0 saturated carbocycles. The Labute approximate surface area is 127 Å². The molecule has 0 aliphatic rings. The highest BCUT2D eigenvalue weighted by Gasteiger charge is 2.13. The molecule has 0 unspecified atom stereocenters. The SMILES string of the molecule is CCCNc1nc(Oc2cc(C)nn2C)c(Cl)cc1Cl. The van der Waals surface area contributed by atoms with Crippen LogP contribution in [0.4, 0.5) is 5.82 Å². The second kappa shape index (κ2) is 6.33. The van der Waals surface area contributed by atoms with E-state index in [1.165, 1.54) is 0 Å². The highest BCUT2D eigenvalue weighted by atomic mass is 35.5. The van der Waals surface area contributed by atoms with Gasteiger partial charge in [0.05, 0.1) is 10.7 Å². The third-order valence-corrected chi connectivity index (χ3v) is 3.16. The number of hydrogen-bond donors (Lipinski definition) is 1. The minimum absolute atomic E-state index is 0.303. The normalized spacial score (nSPS) is 10.7. The van der Waals surface area contributed by atoms with Crippen molar-refractivity contribution in [2.24, 2.45) is 7.05 Å². The van der Waals surface area contributed by atoms with E-state index in [4.69, 9.17) is 27.9 Å². The van der Waals surface area contributed by atoms with E-state index in [-0.39, 0.29) is 0 Å². The fraction of sp³-hybridized carbons (Fsp3) is 0.385. The van der Waals surface area contributed by atoms with E-state index in [1.54, 1.807) is 17.8 Å². The summed E-state index contributed by atoms with van der Waals surface area (Å²) in [7, 11) is 1.79. The number of halogens is 2. The third kappa shape index (κ3) is 3.35. The van der Waals surface area contributed by atoms with Gasteiger partial charge >= 0.3 is 0 Å². The van der Waals surface area contributed by atoms with E-state index in [1.807, 2.05) is 13.0 Å². The van der Waals surface area contributed by atoms with Gasteiger partial charge in [-0.05, 0) is 19.4 Å². The molecule has 7 heteroatoms. The van der Waals surface area contributed by atoms with Crippen LogP contribution in [0.2, 0.25) is 10.0 Å². The van der Waals surface area contributed by atoms with Gasteiger partial charge in [0.25, 0.3) is 0 Å². The molecule has 2 heterocycles. The average molecular weight is 315 g/mol. The number of hydrogen-bond acceptors (Lipinski definition) is 4. The lowest BCUT2D eigenvalue weighted by Gasteiger charge is -2.11. The zero-order valence-electron chi connectivity index (χ0n) is 11.6. The summed E-state index contributed by atoms with van der Waals surface area (Å²) in [6.45, 7) is 4.73. The number of aromatic nitrogens is 3. The summed E-state index contributed by atoms with van der Waals surface area (Å²) in [6.07, 6.45) is 0.970. The van der Waals surface area contributed by atoms with Crippen LogP contribution in [-0.2, 0) is 7.05 Å². The third-order valence-electron chi connectivity index (χ3n) is 2.60. The monoisotopic (exact) mass is 314 g/mol. The minimum atomic E-state index is 0.303. The van der Waals surface area contributed by atoms with Crippen molar-refractivity contribution < 1.29 is 4.74 Å². The van der Waals surface area contributed by atoms with Gasteiger partial charge in [-0.3, -0.25) is 0 Å². The molecule has 2 aromatic heterocycles. The molecular weight excluding hydrogens is 299 g/mol. The van der Waals surface area contributed by atoms with Crippen LogP contribution in [0, 0.1) is 6.92 Å². The van der Waals surface area contributed by atoms with E-state index < -0.39 is 0 Å². The maximum Gasteiger partial charge on any atom is 0.242 e. The number of anilines is 1. The van der Waals surface area contributed by atoms with Gasteiger partial charge in [-0.15, -0.1) is 0 Å². The van der Waals surface area contributed by atoms with Crippen molar-refractivity contribution in [3.8, 4) is 11.8 Å². The molecule has 0 amide bonds. The van der Waals surface area contributed by atoms with E-state index in [9.17, 15) is 0 Å². The molecule has 0 saturated heterocycles. The van der Waals surface area contributed by atoms with Gasteiger partial charge in [-0.25, -0.2) is 4.68 Å². The van der Waals surface area contributed by atoms with E-state index in [0.717, 1.165) is 18.7 Å². The molecule has 0 aliphatic heterocycles. The molecule has 0 fully saturated rings. The fourth-order valence-electron chi connectivity index (χ4n) is 1.67. The van der Waals surface area contributed by atoms with Gasteiger partial charge in [0.15, 0.2) is 0 Å². The van der Waals surface area contributed by atoms with Crippen LogP contribution in [-0.4, -0.2) is 21.3 Å². The zero-order chi connectivity index (χ0) is 14.7. The summed E-state index contributed by atoms with van der Waals surface area (Å²) < 4.78 is 7.32. The lowest BCUT2D eigenvalue weighted by molar-refractivity contribution is 0.416. The number of pyridine rings is 1. The Bertz CT molecular complexity index is 613. The summed E-state index contributed by atoms with van der Waals surface area (Å²) in [5, 5.41) is 8.16. The largest absolute Gasteiger partial charge is 0.419 e. The Kier molecular flexibility index (Phi) is 4.73. The van der Waals surface area contributed by atoms with Crippen molar-refractivity contribution in [2.45, 2.75) is 20.3 Å². The standard InChI is InChI=1S/C13H16Cl2N4O/c1-4-5-16-12-9(14)7-10(15)13(17-12)20-11-6-8(2)18-19(11)3/h6-7H,4-5H2,1-3H3,(H,16,17). The van der Waals surface area contributed by atoms with Crippen LogP contribution in [0.15, 0.2) is 12.1 Å². The van der Waals surface area contributed by atoms with Crippen LogP contribution in [0.5, 0.6) is 11.8 Å². The zero-order valence-corrected chi connectivity index (χ0v) is 13.1. The fourth-order valence-corrected chi connectivity index (χ4v) is 2.13. The Morgan fingerprint density at radius 3 is 2.65 bits per heavy atom. The van der Waals surface area contributed by atoms with Crippen LogP contribution < -0.4 is 10.1 Å². The summed E-state index contributed by atoms with van der Waals surface area (Å²) in [5.41, 5.74) is 0.858. The molecule has 108 valence electrons. The molecule has 0 spiro atoms. The van der Waals surface area contributed by atoms with Gasteiger partial charge in [-0.1, -0.05) is 30.1 Å². The molecule has 2 aromatic rings. The average Bonchev–Trinajstić information content (AvgIpc) is 2.69. The maximum absolute atomic E-state index is 6.12. The summed E-state index contributed by atoms with van der Waals surface area (Å²) in [6, 6.07) is 3.43. The molecule has 0 atom stereocenters. The highest BCUT2D eigenvalue weighted by Crippen LogP contribution is 2.33. The minimum Gasteiger partial charge on any atom is -0.419 e. The van der Waals surface area contributed by atoms with Crippen molar-refractivity contribution in [3.05, 3.63) is 27.9 Å². The van der Waals surface area contributed by atoms with Gasteiger partial charge in [0, 0.05) is 19.7 Å². The molecule has 2 rings (SSSR count). The maximum atomic E-state index is 6.12. The molecule has 5 nitrogen and oxygen atoms in total.